The number of nitrogens with zero attached hydrogens (tertiary/aromatic N) is 2. The minimum atomic E-state index is -0.384. The molecule has 160 valence electrons. The third-order valence-corrected chi connectivity index (χ3v) is 6.51. The zero-order valence-electron chi connectivity index (χ0n) is 17.8. The lowest BCUT2D eigenvalue weighted by atomic mass is 9.85. The van der Waals surface area contributed by atoms with Crippen LogP contribution in [-0.2, 0) is 24.5 Å². The first-order valence-corrected chi connectivity index (χ1v) is 11.1. The highest BCUT2D eigenvalue weighted by atomic mass is 16.5. The number of carbonyl (C=O) groups is 1. The van der Waals surface area contributed by atoms with E-state index in [1.807, 2.05) is 37.3 Å². The second-order valence-electron chi connectivity index (χ2n) is 8.41. The predicted octanol–water partition coefficient (Wildman–Crippen LogP) is 3.73. The number of amides is 1. The van der Waals surface area contributed by atoms with E-state index in [9.17, 15) is 9.90 Å². The molecule has 1 atom stereocenters. The maximum Gasteiger partial charge on any atom is 0.243 e. The Bertz CT molecular complexity index is 870. The van der Waals surface area contributed by atoms with Gasteiger partial charge >= 0.3 is 0 Å². The first kappa shape index (κ1) is 20.9. The number of likely N-dealkylation sites (tertiary alicyclic amines) is 2. The summed E-state index contributed by atoms with van der Waals surface area (Å²) in [7, 11) is 0. The van der Waals surface area contributed by atoms with Gasteiger partial charge in [-0.3, -0.25) is 9.69 Å². The maximum atomic E-state index is 13.6. The van der Waals surface area contributed by atoms with Crippen molar-refractivity contribution in [2.24, 2.45) is 0 Å². The summed E-state index contributed by atoms with van der Waals surface area (Å²) >= 11 is 0. The minimum absolute atomic E-state index is 0.0436. The number of piperidine rings is 1. The van der Waals surface area contributed by atoms with Crippen LogP contribution in [0.3, 0.4) is 0 Å². The van der Waals surface area contributed by atoms with Crippen molar-refractivity contribution in [3.63, 3.8) is 0 Å². The number of hydrogen-bond acceptors (Lipinski definition) is 4. The smallest absolute Gasteiger partial charge is 0.243 e. The van der Waals surface area contributed by atoms with E-state index in [2.05, 4.69) is 28.0 Å². The van der Waals surface area contributed by atoms with Crippen molar-refractivity contribution in [1.29, 1.82) is 0 Å². The monoisotopic (exact) mass is 408 g/mol. The van der Waals surface area contributed by atoms with Crippen molar-refractivity contribution >= 4 is 5.91 Å². The van der Waals surface area contributed by atoms with Crippen LogP contribution in [0.1, 0.15) is 49.3 Å². The molecule has 0 bridgehead atoms. The molecule has 1 spiro atoms. The normalized spacial score (nSPS) is 22.1. The van der Waals surface area contributed by atoms with E-state index in [4.69, 9.17) is 4.74 Å². The lowest BCUT2D eigenvalue weighted by molar-refractivity contribution is -0.148. The summed E-state index contributed by atoms with van der Waals surface area (Å²) in [6.07, 6.45) is 3.96. The van der Waals surface area contributed by atoms with Crippen LogP contribution < -0.4 is 4.74 Å². The molecule has 5 heteroatoms. The molecule has 2 aromatic rings. The highest BCUT2D eigenvalue weighted by Crippen LogP contribution is 2.40. The first-order chi connectivity index (χ1) is 14.7. The summed E-state index contributed by atoms with van der Waals surface area (Å²) < 4.78 is 5.62. The zero-order chi connectivity index (χ0) is 21.0. The first-order valence-electron chi connectivity index (χ1n) is 11.1. The molecule has 1 amide bonds. The van der Waals surface area contributed by atoms with Gasteiger partial charge in [-0.25, -0.2) is 0 Å². The molecule has 2 aliphatic rings. The number of benzene rings is 2. The van der Waals surface area contributed by atoms with Crippen molar-refractivity contribution in [3.05, 3.63) is 65.2 Å². The Morgan fingerprint density at radius 1 is 1.00 bits per heavy atom. The molecule has 0 radical (unpaired) electrons. The number of carbonyl (C=O) groups excluding carboxylic acids is 1. The molecular weight excluding hydrogens is 376 g/mol. The topological polar surface area (TPSA) is 53.0 Å². The van der Waals surface area contributed by atoms with Crippen LogP contribution in [0.15, 0.2) is 48.5 Å². The third-order valence-electron chi connectivity index (χ3n) is 6.51. The highest BCUT2D eigenvalue weighted by molar-refractivity contribution is 5.87. The van der Waals surface area contributed by atoms with Gasteiger partial charge in [0.25, 0.3) is 0 Å². The van der Waals surface area contributed by atoms with Crippen LogP contribution in [0, 0.1) is 0 Å². The molecule has 2 aromatic carbocycles. The molecule has 1 unspecified atom stereocenters. The lowest BCUT2D eigenvalue weighted by Crippen LogP contribution is -2.59. The lowest BCUT2D eigenvalue weighted by Gasteiger charge is -2.45. The Labute approximate surface area is 179 Å². The Morgan fingerprint density at radius 2 is 1.77 bits per heavy atom. The molecule has 2 saturated heterocycles. The molecule has 2 heterocycles. The van der Waals surface area contributed by atoms with E-state index in [1.54, 1.807) is 0 Å². The molecule has 1 N–H and O–H groups in total. The summed E-state index contributed by atoms with van der Waals surface area (Å²) in [6.45, 7) is 5.66. The molecule has 2 fully saturated rings. The molecule has 2 aliphatic heterocycles. The van der Waals surface area contributed by atoms with Crippen LogP contribution >= 0.6 is 0 Å². The molecule has 0 aliphatic carbocycles. The van der Waals surface area contributed by atoms with Gasteiger partial charge in [0.15, 0.2) is 0 Å². The van der Waals surface area contributed by atoms with Crippen molar-refractivity contribution in [2.45, 2.75) is 57.8 Å². The SMILES string of the molecule is CCOc1ccc(CN2CCCC23CCCN(Cc2ccccc2)C3=O)cc1CO. The van der Waals surface area contributed by atoms with E-state index in [0.717, 1.165) is 62.2 Å². The van der Waals surface area contributed by atoms with E-state index >= 15 is 0 Å². The number of rotatable bonds is 7. The number of ether oxygens (including phenoxy) is 1. The van der Waals surface area contributed by atoms with Crippen LogP contribution in [0.4, 0.5) is 0 Å². The van der Waals surface area contributed by atoms with E-state index in [0.29, 0.717) is 13.2 Å². The molecule has 4 rings (SSSR count). The zero-order valence-corrected chi connectivity index (χ0v) is 17.8. The fourth-order valence-corrected chi connectivity index (χ4v) is 5.08. The van der Waals surface area contributed by atoms with Crippen LogP contribution in [0.25, 0.3) is 0 Å². The average Bonchev–Trinajstić information content (AvgIpc) is 3.16. The predicted molar refractivity (Wildman–Crippen MR) is 117 cm³/mol. The van der Waals surface area contributed by atoms with E-state index in [1.165, 1.54) is 5.56 Å². The van der Waals surface area contributed by atoms with E-state index in [-0.39, 0.29) is 18.1 Å². The van der Waals surface area contributed by atoms with Crippen LogP contribution in [0.5, 0.6) is 5.75 Å². The van der Waals surface area contributed by atoms with Gasteiger partial charge in [0.2, 0.25) is 5.91 Å². The van der Waals surface area contributed by atoms with Crippen molar-refractivity contribution in [2.75, 3.05) is 19.7 Å². The Balaban J connectivity index is 1.52. The van der Waals surface area contributed by atoms with Gasteiger partial charge in [-0.1, -0.05) is 36.4 Å². The van der Waals surface area contributed by atoms with Gasteiger partial charge in [-0.2, -0.15) is 0 Å². The Morgan fingerprint density at radius 3 is 2.50 bits per heavy atom. The summed E-state index contributed by atoms with van der Waals surface area (Å²) in [4.78, 5) is 18.1. The molecule has 5 nitrogen and oxygen atoms in total. The quantitative estimate of drug-likeness (QED) is 0.758. The Kier molecular flexibility index (Phi) is 6.40. The van der Waals surface area contributed by atoms with Gasteiger partial charge in [-0.05, 0) is 62.4 Å². The molecule has 30 heavy (non-hydrogen) atoms. The average molecular weight is 409 g/mol. The van der Waals surface area contributed by atoms with Crippen molar-refractivity contribution < 1.29 is 14.6 Å². The van der Waals surface area contributed by atoms with Crippen LogP contribution in [-0.4, -0.2) is 46.0 Å². The maximum absolute atomic E-state index is 13.6. The second-order valence-corrected chi connectivity index (χ2v) is 8.41. The van der Waals surface area contributed by atoms with Gasteiger partial charge in [0.05, 0.1) is 13.2 Å². The Hall–Kier alpha value is -2.37. The summed E-state index contributed by atoms with van der Waals surface area (Å²) in [5.74, 6) is 1.02. The summed E-state index contributed by atoms with van der Waals surface area (Å²) in [6, 6.07) is 16.3. The summed E-state index contributed by atoms with van der Waals surface area (Å²) in [5, 5.41) is 9.74. The molecule has 0 aromatic heterocycles. The van der Waals surface area contributed by atoms with Gasteiger partial charge in [-0.15, -0.1) is 0 Å². The van der Waals surface area contributed by atoms with Gasteiger partial charge < -0.3 is 14.7 Å². The largest absolute Gasteiger partial charge is 0.494 e. The third kappa shape index (κ3) is 4.09. The van der Waals surface area contributed by atoms with Crippen molar-refractivity contribution in [1.82, 2.24) is 9.80 Å². The number of hydrogen-bond donors (Lipinski definition) is 1. The molecular formula is C25H32N2O3. The fourth-order valence-electron chi connectivity index (χ4n) is 5.08. The fraction of sp³-hybridized carbons (Fsp3) is 0.480. The molecule has 0 saturated carbocycles. The minimum Gasteiger partial charge on any atom is -0.494 e. The van der Waals surface area contributed by atoms with Gasteiger partial charge in [0, 0.05) is 25.2 Å². The summed E-state index contributed by atoms with van der Waals surface area (Å²) in [5.41, 5.74) is 2.73. The second kappa shape index (κ2) is 9.19. The number of aliphatic hydroxyl groups excluding tert-OH is 1. The highest BCUT2D eigenvalue weighted by Gasteiger charge is 2.50. The van der Waals surface area contributed by atoms with Crippen molar-refractivity contribution in [3.8, 4) is 5.75 Å². The van der Waals surface area contributed by atoms with Gasteiger partial charge in [0.1, 0.15) is 11.3 Å². The standard InChI is InChI=1S/C25H32N2O3/c1-2-30-23-11-10-21(16-22(23)19-28)18-27-15-7-13-25(27)12-6-14-26(24(25)29)17-20-8-4-3-5-9-20/h3-5,8-11,16,28H,2,6-7,12-15,17-19H2,1H3. The number of aliphatic hydroxyl groups is 1. The van der Waals surface area contributed by atoms with Crippen LogP contribution in [0.2, 0.25) is 0 Å². The van der Waals surface area contributed by atoms with E-state index < -0.39 is 0 Å².